The number of nitro benzene ring substituents is 1. The van der Waals surface area contributed by atoms with Crippen LogP contribution in [-0.4, -0.2) is 51.6 Å². The molecule has 4 rings (SSSR count). The van der Waals surface area contributed by atoms with Gasteiger partial charge in [0.25, 0.3) is 23.4 Å². The number of hydrogen-bond donors (Lipinski definition) is 0. The summed E-state index contributed by atoms with van der Waals surface area (Å²) in [6, 6.07) is 9.91. The molecule has 2 aliphatic rings. The minimum absolute atomic E-state index is 0.0128. The normalized spacial score (nSPS) is 22.1. The summed E-state index contributed by atoms with van der Waals surface area (Å²) in [6.45, 7) is 3.48. The number of fused-ring (bicyclic) bond motifs is 1. The van der Waals surface area contributed by atoms with Crippen LogP contribution in [0.1, 0.15) is 53.8 Å². The van der Waals surface area contributed by atoms with E-state index in [2.05, 4.69) is 0 Å². The van der Waals surface area contributed by atoms with E-state index in [9.17, 15) is 29.3 Å². The Morgan fingerprint density at radius 3 is 2.17 bits per heavy atom. The van der Waals surface area contributed by atoms with Gasteiger partial charge in [0.15, 0.2) is 5.78 Å². The topological polar surface area (TPSA) is 127 Å². The summed E-state index contributed by atoms with van der Waals surface area (Å²) in [6.07, 6.45) is 1.87. The minimum atomic E-state index is -1.20. The van der Waals surface area contributed by atoms with E-state index in [0.29, 0.717) is 18.6 Å². The fourth-order valence-corrected chi connectivity index (χ4v) is 4.99. The third kappa shape index (κ3) is 4.46. The van der Waals surface area contributed by atoms with Crippen LogP contribution in [0.15, 0.2) is 48.5 Å². The van der Waals surface area contributed by atoms with E-state index in [0.717, 1.165) is 28.6 Å². The lowest BCUT2D eigenvalue weighted by atomic mass is 9.76. The first kappa shape index (κ1) is 25.0. The minimum Gasteiger partial charge on any atom is -0.497 e. The number of ether oxygens (including phenoxy) is 1. The summed E-state index contributed by atoms with van der Waals surface area (Å²) < 4.78 is 5.13. The quantitative estimate of drug-likeness (QED) is 0.249. The average Bonchev–Trinajstić information content (AvgIpc) is 3.12. The second-order valence-electron chi connectivity index (χ2n) is 9.34. The monoisotopic (exact) mass is 493 g/mol. The van der Waals surface area contributed by atoms with Gasteiger partial charge in [-0.15, -0.1) is 0 Å². The number of carbonyl (C=O) groups excluding carboxylic acids is 4. The van der Waals surface area contributed by atoms with Crippen LogP contribution in [0.4, 0.5) is 5.69 Å². The van der Waals surface area contributed by atoms with Gasteiger partial charge in [0.05, 0.1) is 23.9 Å². The van der Waals surface area contributed by atoms with Crippen molar-refractivity contribution in [2.75, 3.05) is 7.11 Å². The third-order valence-electron chi connectivity index (χ3n) is 7.03. The SMILES string of the molecule is COc1ccc(C(=O)[C@H](C)N(C(=O)c2ccc([N+](=O)[O-])cc2)N2C(=O)[C@@H]3CC[C@@H](C)C[C@H]3C2=O)cc1. The molecule has 3 amide bonds. The highest BCUT2D eigenvalue weighted by atomic mass is 16.6. The predicted molar refractivity (Wildman–Crippen MR) is 128 cm³/mol. The molecule has 0 aromatic heterocycles. The summed E-state index contributed by atoms with van der Waals surface area (Å²) in [5.74, 6) is -2.52. The van der Waals surface area contributed by atoms with Gasteiger partial charge in [-0.3, -0.25) is 29.3 Å². The Morgan fingerprint density at radius 2 is 1.58 bits per heavy atom. The number of rotatable bonds is 7. The lowest BCUT2D eigenvalue weighted by molar-refractivity contribution is -0.384. The molecule has 1 saturated carbocycles. The molecule has 2 aromatic rings. The highest BCUT2D eigenvalue weighted by Crippen LogP contribution is 2.41. The molecular weight excluding hydrogens is 466 g/mol. The number of benzene rings is 2. The number of methoxy groups -OCH3 is 1. The summed E-state index contributed by atoms with van der Waals surface area (Å²) in [4.78, 5) is 64.4. The molecule has 0 N–H and O–H groups in total. The molecule has 4 atom stereocenters. The van der Waals surface area contributed by atoms with E-state index in [1.807, 2.05) is 6.92 Å². The Bertz CT molecular complexity index is 1210. The zero-order valence-corrected chi connectivity index (χ0v) is 20.2. The Morgan fingerprint density at radius 1 is 1.00 bits per heavy atom. The molecule has 10 heteroatoms. The van der Waals surface area contributed by atoms with E-state index < -0.39 is 46.3 Å². The van der Waals surface area contributed by atoms with Crippen LogP contribution in [0.25, 0.3) is 0 Å². The first-order valence-electron chi connectivity index (χ1n) is 11.8. The Labute approximate surface area is 207 Å². The molecule has 0 radical (unpaired) electrons. The van der Waals surface area contributed by atoms with Crippen molar-refractivity contribution < 1.29 is 28.8 Å². The van der Waals surface area contributed by atoms with Crippen molar-refractivity contribution in [3.8, 4) is 5.75 Å². The number of amides is 3. The lowest BCUT2D eigenvalue weighted by Crippen LogP contribution is -2.56. The van der Waals surface area contributed by atoms with Gasteiger partial charge in [0, 0.05) is 23.3 Å². The van der Waals surface area contributed by atoms with Crippen LogP contribution in [-0.2, 0) is 9.59 Å². The third-order valence-corrected chi connectivity index (χ3v) is 7.03. The Hall–Kier alpha value is -4.08. The predicted octanol–water partition coefficient (Wildman–Crippen LogP) is 3.65. The van der Waals surface area contributed by atoms with Crippen molar-refractivity contribution in [1.82, 2.24) is 10.0 Å². The number of nitrogens with zero attached hydrogens (tertiary/aromatic N) is 3. The van der Waals surface area contributed by atoms with Crippen LogP contribution >= 0.6 is 0 Å². The maximum absolute atomic E-state index is 13.7. The average molecular weight is 494 g/mol. The summed E-state index contributed by atoms with van der Waals surface area (Å²) >= 11 is 0. The van der Waals surface area contributed by atoms with Gasteiger partial charge in [0.1, 0.15) is 11.8 Å². The molecule has 1 heterocycles. The highest BCUT2D eigenvalue weighted by Gasteiger charge is 2.54. The molecule has 36 heavy (non-hydrogen) atoms. The molecule has 188 valence electrons. The van der Waals surface area contributed by atoms with Crippen molar-refractivity contribution >= 4 is 29.2 Å². The van der Waals surface area contributed by atoms with E-state index in [1.54, 1.807) is 24.3 Å². The van der Waals surface area contributed by atoms with E-state index in [-0.39, 0.29) is 22.7 Å². The first-order valence-corrected chi connectivity index (χ1v) is 11.8. The number of non-ortho nitro benzene ring substituents is 1. The van der Waals surface area contributed by atoms with Crippen LogP contribution in [0, 0.1) is 27.9 Å². The van der Waals surface area contributed by atoms with Crippen molar-refractivity contribution in [3.05, 3.63) is 69.8 Å². The Balaban J connectivity index is 1.73. The number of nitro groups is 1. The zero-order chi connectivity index (χ0) is 26.1. The maximum atomic E-state index is 13.7. The fraction of sp³-hybridized carbons (Fsp3) is 0.385. The molecule has 10 nitrogen and oxygen atoms in total. The Kier molecular flexibility index (Phi) is 6.87. The van der Waals surface area contributed by atoms with Gasteiger partial charge in [-0.05, 0) is 68.5 Å². The summed E-state index contributed by atoms with van der Waals surface area (Å²) in [5.41, 5.74) is 0.0718. The molecule has 1 aliphatic carbocycles. The molecule has 1 aliphatic heterocycles. The zero-order valence-electron chi connectivity index (χ0n) is 20.2. The largest absolute Gasteiger partial charge is 0.497 e. The molecule has 2 fully saturated rings. The lowest BCUT2D eigenvalue weighted by Gasteiger charge is -2.34. The standard InChI is InChI=1S/C26H27N3O7/c1-15-4-13-21-22(14-15)26(33)28(25(21)32)27(24(31)18-5-9-19(10-6-18)29(34)35)16(2)23(30)17-7-11-20(36-3)12-8-17/h5-12,15-16,21-22H,4,13-14H2,1-3H3/t15-,16+,21-,22-/m1/s1. The maximum Gasteiger partial charge on any atom is 0.273 e. The smallest absolute Gasteiger partial charge is 0.273 e. The van der Waals surface area contributed by atoms with Crippen LogP contribution in [0.5, 0.6) is 5.75 Å². The van der Waals surface area contributed by atoms with Crippen LogP contribution in [0.2, 0.25) is 0 Å². The number of carbonyl (C=O) groups is 4. The van der Waals surface area contributed by atoms with Crippen molar-refractivity contribution in [1.29, 1.82) is 0 Å². The second kappa shape index (κ2) is 9.88. The molecule has 2 aromatic carbocycles. The molecule has 1 saturated heterocycles. The van der Waals surface area contributed by atoms with Gasteiger partial charge in [0.2, 0.25) is 0 Å². The summed E-state index contributed by atoms with van der Waals surface area (Å²) in [7, 11) is 1.49. The highest BCUT2D eigenvalue weighted by molar-refractivity contribution is 6.10. The first-order chi connectivity index (χ1) is 17.1. The van der Waals surface area contributed by atoms with Gasteiger partial charge in [-0.25, -0.2) is 5.01 Å². The van der Waals surface area contributed by atoms with Crippen LogP contribution in [0.3, 0.4) is 0 Å². The molecular formula is C26H27N3O7. The van der Waals surface area contributed by atoms with Crippen LogP contribution < -0.4 is 4.74 Å². The van der Waals surface area contributed by atoms with E-state index in [1.165, 1.54) is 26.2 Å². The number of hydrogen-bond acceptors (Lipinski definition) is 7. The summed E-state index contributed by atoms with van der Waals surface area (Å²) in [5, 5.41) is 12.8. The van der Waals surface area contributed by atoms with Crippen molar-refractivity contribution in [2.24, 2.45) is 17.8 Å². The van der Waals surface area contributed by atoms with E-state index >= 15 is 0 Å². The van der Waals surface area contributed by atoms with E-state index in [4.69, 9.17) is 4.74 Å². The van der Waals surface area contributed by atoms with Crippen molar-refractivity contribution in [2.45, 2.75) is 39.2 Å². The molecule has 0 unspecified atom stereocenters. The number of hydrazine groups is 1. The number of imide groups is 1. The fourth-order valence-electron chi connectivity index (χ4n) is 4.99. The van der Waals surface area contributed by atoms with Crippen molar-refractivity contribution in [3.63, 3.8) is 0 Å². The van der Waals surface area contributed by atoms with Gasteiger partial charge in [-0.2, -0.15) is 5.01 Å². The van der Waals surface area contributed by atoms with Gasteiger partial charge >= 0.3 is 0 Å². The number of Topliss-reactive ketones (excluding diaryl/α,β-unsaturated/α-hetero) is 1. The van der Waals surface area contributed by atoms with Gasteiger partial charge < -0.3 is 4.74 Å². The number of ketones is 1. The second-order valence-corrected chi connectivity index (χ2v) is 9.34. The molecule has 0 spiro atoms. The molecule has 0 bridgehead atoms. The van der Waals surface area contributed by atoms with Gasteiger partial charge in [-0.1, -0.05) is 6.92 Å².